The van der Waals surface area contributed by atoms with Crippen LogP contribution in [0.15, 0.2) is 224 Å². The van der Waals surface area contributed by atoms with E-state index in [-0.39, 0.29) is 0 Å². The van der Waals surface area contributed by atoms with Gasteiger partial charge in [0.05, 0.1) is 27.7 Å². The topological polar surface area (TPSA) is 21.9 Å². The lowest BCUT2D eigenvalue weighted by atomic mass is 9.69. The van der Waals surface area contributed by atoms with Gasteiger partial charge in [0.2, 0.25) is 0 Å². The van der Waals surface area contributed by atoms with Gasteiger partial charge >= 0.3 is 0 Å². The summed E-state index contributed by atoms with van der Waals surface area (Å²) in [6, 6.07) is 70.1. The second kappa shape index (κ2) is 13.9. The number of fused-ring (bicyclic) bond motifs is 15. The van der Waals surface area contributed by atoms with Crippen molar-refractivity contribution in [2.45, 2.75) is 18.3 Å². The van der Waals surface area contributed by atoms with Crippen LogP contribution in [0.4, 0.5) is 0 Å². The molecule has 0 saturated carbocycles. The zero-order valence-corrected chi connectivity index (χ0v) is 35.8. The second-order valence-electron chi connectivity index (χ2n) is 17.9. The van der Waals surface area contributed by atoms with Crippen molar-refractivity contribution in [3.8, 4) is 44.8 Å². The van der Waals surface area contributed by atoms with Crippen LogP contribution in [0.3, 0.4) is 0 Å². The average molecular weight is 830 g/mol. The first kappa shape index (κ1) is 36.4. The fourth-order valence-electron chi connectivity index (χ4n) is 12.1. The molecule has 3 nitrogen and oxygen atoms in total. The third-order valence-corrected chi connectivity index (χ3v) is 14.7. The Morgan fingerprint density at radius 1 is 0.492 bits per heavy atom. The Hall–Kier alpha value is -8.14. The molecule has 65 heavy (non-hydrogen) atoms. The Morgan fingerprint density at radius 3 is 1.80 bits per heavy atom. The molecule has 0 radical (unpaired) electrons. The number of dihydropyridines is 1. The van der Waals surface area contributed by atoms with Gasteiger partial charge in [-0.2, -0.15) is 0 Å². The summed E-state index contributed by atoms with van der Waals surface area (Å²) in [6.07, 6.45) is 13.6. The molecule has 3 heteroatoms. The van der Waals surface area contributed by atoms with Crippen LogP contribution in [0.1, 0.15) is 40.8 Å². The molecule has 0 fully saturated rings. The number of rotatable bonds is 5. The minimum atomic E-state index is -0.415. The maximum atomic E-state index is 3.58. The highest BCUT2D eigenvalue weighted by Gasteiger charge is 2.54. The van der Waals surface area contributed by atoms with Gasteiger partial charge in [0.25, 0.3) is 0 Å². The molecule has 306 valence electrons. The quantitative estimate of drug-likeness (QED) is 0.183. The van der Waals surface area contributed by atoms with Gasteiger partial charge in [-0.1, -0.05) is 170 Å². The normalized spacial score (nSPS) is 15.4. The summed E-state index contributed by atoms with van der Waals surface area (Å²) in [5, 5.41) is 7.46. The molecule has 8 aromatic carbocycles. The molecule has 3 heterocycles. The van der Waals surface area contributed by atoms with E-state index < -0.39 is 5.41 Å². The molecule has 4 aliphatic rings. The molecule has 3 aliphatic carbocycles. The van der Waals surface area contributed by atoms with Crippen LogP contribution >= 0.6 is 0 Å². The molecule has 0 unspecified atom stereocenters. The van der Waals surface area contributed by atoms with Gasteiger partial charge in [-0.3, -0.25) is 0 Å². The maximum Gasteiger partial charge on any atom is 0.0730 e. The zero-order valence-electron chi connectivity index (χ0n) is 35.8. The summed E-state index contributed by atoms with van der Waals surface area (Å²) in [7, 11) is 0. The van der Waals surface area contributed by atoms with Crippen molar-refractivity contribution >= 4 is 43.9 Å². The van der Waals surface area contributed by atoms with E-state index in [9.17, 15) is 0 Å². The van der Waals surface area contributed by atoms with Crippen LogP contribution in [0.25, 0.3) is 88.6 Å². The van der Waals surface area contributed by atoms with Crippen molar-refractivity contribution in [1.82, 2.24) is 14.5 Å². The molecule has 14 rings (SSSR count). The van der Waals surface area contributed by atoms with Crippen molar-refractivity contribution in [3.63, 3.8) is 0 Å². The van der Waals surface area contributed by atoms with Gasteiger partial charge in [0, 0.05) is 51.4 Å². The minimum Gasteiger partial charge on any atom is -0.387 e. The number of nitrogens with zero attached hydrogens (tertiary/aromatic N) is 2. The number of allylic oxidation sites excluding steroid dienone is 6. The third-order valence-electron chi connectivity index (χ3n) is 14.7. The van der Waals surface area contributed by atoms with Gasteiger partial charge in [-0.15, -0.1) is 0 Å². The van der Waals surface area contributed by atoms with E-state index in [4.69, 9.17) is 0 Å². The van der Waals surface area contributed by atoms with Gasteiger partial charge in [-0.25, -0.2) is 0 Å². The number of hydrogen-bond donors (Lipinski definition) is 1. The van der Waals surface area contributed by atoms with E-state index in [0.717, 1.165) is 25.1 Å². The van der Waals surface area contributed by atoms with E-state index in [1.165, 1.54) is 116 Å². The number of hydrogen-bond acceptors (Lipinski definition) is 1. The lowest BCUT2D eigenvalue weighted by molar-refractivity contribution is 0.787. The Kier molecular flexibility index (Phi) is 7.79. The predicted molar refractivity (Wildman–Crippen MR) is 271 cm³/mol. The van der Waals surface area contributed by atoms with Crippen molar-refractivity contribution in [2.24, 2.45) is 0 Å². The summed E-state index contributed by atoms with van der Waals surface area (Å²) in [5.41, 5.74) is 24.0. The highest BCUT2D eigenvalue weighted by atomic mass is 15.0. The van der Waals surface area contributed by atoms with Gasteiger partial charge in [0.15, 0.2) is 0 Å². The molecular weight excluding hydrogens is 787 g/mol. The van der Waals surface area contributed by atoms with Crippen LogP contribution < -0.4 is 5.32 Å². The summed E-state index contributed by atoms with van der Waals surface area (Å²) < 4.78 is 4.97. The Morgan fingerprint density at radius 2 is 1.11 bits per heavy atom. The molecular formula is C62H43N3. The Labute approximate surface area is 378 Å². The SMILES string of the molecule is C1=CCCC(c2c(-c3ccccc3)c3ccccc3n2-c2ccc(-c3ccc(-n4c5ccccc5c5c6c(ccc54)C4=CNCC=C4C64c5ccccc5-c5ccccc54)cc3)cc2)=C1. The lowest BCUT2D eigenvalue weighted by Crippen LogP contribution is -2.28. The van der Waals surface area contributed by atoms with Crippen LogP contribution in [-0.4, -0.2) is 15.7 Å². The highest BCUT2D eigenvalue weighted by molar-refractivity contribution is 6.17. The number of nitrogens with one attached hydrogen (secondary N) is 1. The fourth-order valence-corrected chi connectivity index (χ4v) is 12.1. The van der Waals surface area contributed by atoms with E-state index in [1.807, 2.05) is 0 Å². The highest BCUT2D eigenvalue weighted by Crippen LogP contribution is 2.65. The molecule has 0 atom stereocenters. The Balaban J connectivity index is 0.907. The first-order chi connectivity index (χ1) is 32.3. The van der Waals surface area contributed by atoms with Crippen molar-refractivity contribution < 1.29 is 0 Å². The number of aromatic nitrogens is 2. The van der Waals surface area contributed by atoms with E-state index >= 15 is 0 Å². The molecule has 0 saturated heterocycles. The number of para-hydroxylation sites is 2. The molecule has 0 amide bonds. The second-order valence-corrected chi connectivity index (χ2v) is 17.9. The molecule has 10 aromatic rings. The predicted octanol–water partition coefficient (Wildman–Crippen LogP) is 15.0. The monoisotopic (exact) mass is 829 g/mol. The zero-order chi connectivity index (χ0) is 42.6. The van der Waals surface area contributed by atoms with Crippen LogP contribution in [-0.2, 0) is 5.41 Å². The molecule has 1 N–H and O–H groups in total. The summed E-state index contributed by atoms with van der Waals surface area (Å²) in [6.45, 7) is 0.814. The van der Waals surface area contributed by atoms with Crippen molar-refractivity contribution in [1.29, 1.82) is 0 Å². The van der Waals surface area contributed by atoms with Gasteiger partial charge in [0.1, 0.15) is 0 Å². The number of benzene rings is 8. The van der Waals surface area contributed by atoms with Crippen LogP contribution in [0.5, 0.6) is 0 Å². The standard InChI is InChI=1S/C62H43N3/c1-3-15-42(16-4-1)58-49-21-9-14-26-56(49)65(61(58)43-17-5-2-6-18-43)45-33-29-41(30-34-45)40-27-31-44(32-28-40)64-55-25-13-10-22-50(55)59-57(64)36-35-48-51-39-63-38-37-54(51)62(60(48)59)52-23-11-7-19-46(52)47-20-8-12-24-53(47)62/h1-5,7-17,19-37,39,63H,6,18,38H2. The van der Waals surface area contributed by atoms with E-state index in [0.29, 0.717) is 0 Å². The lowest BCUT2D eigenvalue weighted by Gasteiger charge is -2.32. The maximum absolute atomic E-state index is 3.58. The van der Waals surface area contributed by atoms with Gasteiger partial charge in [-0.05, 0) is 117 Å². The Bertz CT molecular complexity index is 3690. The van der Waals surface area contributed by atoms with Gasteiger partial charge < -0.3 is 14.5 Å². The smallest absolute Gasteiger partial charge is 0.0730 e. The molecule has 2 aromatic heterocycles. The van der Waals surface area contributed by atoms with Crippen LogP contribution in [0.2, 0.25) is 0 Å². The minimum absolute atomic E-state index is 0.415. The van der Waals surface area contributed by atoms with Crippen molar-refractivity contribution in [3.05, 3.63) is 252 Å². The summed E-state index contributed by atoms with van der Waals surface area (Å²) in [4.78, 5) is 0. The summed E-state index contributed by atoms with van der Waals surface area (Å²) in [5.74, 6) is 0. The molecule has 0 bridgehead atoms. The van der Waals surface area contributed by atoms with Crippen LogP contribution in [0, 0.1) is 0 Å². The molecule has 1 spiro atoms. The third kappa shape index (κ3) is 5.01. The average Bonchev–Trinajstić information content (AvgIpc) is 4.09. The van der Waals surface area contributed by atoms with E-state index in [1.54, 1.807) is 0 Å². The largest absolute Gasteiger partial charge is 0.387 e. The fraction of sp³-hybridized carbons (Fsp3) is 0.0645. The first-order valence-electron chi connectivity index (χ1n) is 23.0. The van der Waals surface area contributed by atoms with E-state index in [2.05, 4.69) is 233 Å². The first-order valence-corrected chi connectivity index (χ1v) is 23.0. The van der Waals surface area contributed by atoms with Crippen molar-refractivity contribution in [2.75, 3.05) is 6.54 Å². The molecule has 1 aliphatic heterocycles. The summed E-state index contributed by atoms with van der Waals surface area (Å²) >= 11 is 0.